The monoisotopic (exact) mass is 356 g/mol. The van der Waals surface area contributed by atoms with Crippen LogP contribution in [0.1, 0.15) is 51.7 Å². The van der Waals surface area contributed by atoms with E-state index in [1.54, 1.807) is 0 Å². The number of fused-ring (bicyclic) bond motifs is 1. The van der Waals surface area contributed by atoms with Crippen LogP contribution in [0, 0.1) is 13.8 Å². The van der Waals surface area contributed by atoms with E-state index in [0.717, 1.165) is 16.5 Å². The van der Waals surface area contributed by atoms with Gasteiger partial charge in [-0.3, -0.25) is 0 Å². The third-order valence-electron chi connectivity index (χ3n) is 4.25. The van der Waals surface area contributed by atoms with E-state index in [2.05, 4.69) is 13.8 Å². The summed E-state index contributed by atoms with van der Waals surface area (Å²) in [7, 11) is 0. The van der Waals surface area contributed by atoms with E-state index < -0.39 is 5.63 Å². The number of ether oxygens (including phenoxy) is 1. The molecule has 3 aromatic rings. The maximum atomic E-state index is 12.2. The van der Waals surface area contributed by atoms with Crippen molar-refractivity contribution < 1.29 is 13.9 Å². The Morgan fingerprint density at radius 3 is 2.60 bits per heavy atom. The summed E-state index contributed by atoms with van der Waals surface area (Å²) in [6.07, 6.45) is 0. The maximum absolute atomic E-state index is 12.2. The molecule has 4 nitrogen and oxygen atoms in total. The van der Waals surface area contributed by atoms with Crippen molar-refractivity contribution in [3.05, 3.63) is 67.2 Å². The first-order valence-corrected chi connectivity index (χ1v) is 9.03. The largest absolute Gasteiger partial charge is 0.457 e. The van der Waals surface area contributed by atoms with Gasteiger partial charge in [-0.2, -0.15) is 0 Å². The van der Waals surface area contributed by atoms with Gasteiger partial charge in [-0.15, -0.1) is 11.3 Å². The summed E-state index contributed by atoms with van der Waals surface area (Å²) >= 11 is 1.35. The summed E-state index contributed by atoms with van der Waals surface area (Å²) in [5.74, 6) is -0.0226. The van der Waals surface area contributed by atoms with Crippen LogP contribution in [-0.2, 0) is 11.3 Å². The highest BCUT2D eigenvalue weighted by Crippen LogP contribution is 2.27. The van der Waals surface area contributed by atoms with E-state index >= 15 is 0 Å². The Kier molecular flexibility index (Phi) is 4.77. The van der Waals surface area contributed by atoms with Crippen molar-refractivity contribution in [1.82, 2.24) is 0 Å². The Labute approximate surface area is 150 Å². The van der Waals surface area contributed by atoms with Crippen molar-refractivity contribution in [2.45, 2.75) is 40.2 Å². The Bertz CT molecular complexity index is 995. The highest BCUT2D eigenvalue weighted by Gasteiger charge is 2.15. The molecule has 2 aromatic heterocycles. The van der Waals surface area contributed by atoms with Crippen molar-refractivity contribution in [3.63, 3.8) is 0 Å². The van der Waals surface area contributed by atoms with Gasteiger partial charge in [0.05, 0.1) is 0 Å². The number of rotatable bonds is 4. The third-order valence-corrected chi connectivity index (χ3v) is 5.24. The molecule has 3 rings (SSSR count). The molecule has 1 aromatic carbocycles. The molecule has 0 aliphatic rings. The first-order chi connectivity index (χ1) is 11.9. The summed E-state index contributed by atoms with van der Waals surface area (Å²) in [5.41, 5.74) is 3.90. The summed E-state index contributed by atoms with van der Waals surface area (Å²) in [6.45, 7) is 8.15. The number of hydrogen-bond acceptors (Lipinski definition) is 5. The summed E-state index contributed by atoms with van der Waals surface area (Å²) in [4.78, 5) is 24.7. The van der Waals surface area contributed by atoms with Crippen molar-refractivity contribution in [3.8, 4) is 0 Å². The van der Waals surface area contributed by atoms with E-state index in [1.165, 1.54) is 23.0 Å². The quantitative estimate of drug-likeness (QED) is 0.490. The predicted octanol–water partition coefficient (Wildman–Crippen LogP) is 4.95. The molecule has 0 bridgehead atoms. The van der Waals surface area contributed by atoms with E-state index in [1.807, 2.05) is 37.4 Å². The van der Waals surface area contributed by atoms with Crippen molar-refractivity contribution in [1.29, 1.82) is 0 Å². The SMILES string of the molecule is Cc1cc2oc(=O)cc(COC(=O)c3sccc3C)c2cc1C(C)C. The molecule has 5 heteroatoms. The number of aryl methyl sites for hydroxylation is 2. The summed E-state index contributed by atoms with van der Waals surface area (Å²) in [5, 5.41) is 2.67. The number of esters is 1. The highest BCUT2D eigenvalue weighted by molar-refractivity contribution is 7.12. The fourth-order valence-electron chi connectivity index (χ4n) is 2.92. The zero-order valence-corrected chi connectivity index (χ0v) is 15.5. The van der Waals surface area contributed by atoms with Gasteiger partial charge in [0.1, 0.15) is 17.1 Å². The topological polar surface area (TPSA) is 56.5 Å². The van der Waals surface area contributed by atoms with E-state index in [0.29, 0.717) is 21.9 Å². The third kappa shape index (κ3) is 3.51. The summed E-state index contributed by atoms with van der Waals surface area (Å²) in [6, 6.07) is 7.18. The van der Waals surface area contributed by atoms with E-state index in [-0.39, 0.29) is 12.6 Å². The lowest BCUT2D eigenvalue weighted by Gasteiger charge is -2.13. The molecule has 0 unspecified atom stereocenters. The van der Waals surface area contributed by atoms with Gasteiger partial charge in [-0.05, 0) is 60.0 Å². The van der Waals surface area contributed by atoms with Crippen LogP contribution in [0.3, 0.4) is 0 Å². The predicted molar refractivity (Wildman–Crippen MR) is 99.5 cm³/mol. The Morgan fingerprint density at radius 1 is 1.20 bits per heavy atom. The van der Waals surface area contributed by atoms with Gasteiger partial charge in [-0.25, -0.2) is 9.59 Å². The van der Waals surface area contributed by atoms with Crippen molar-refractivity contribution in [2.75, 3.05) is 0 Å². The van der Waals surface area contributed by atoms with Crippen LogP contribution < -0.4 is 5.63 Å². The molecule has 0 aliphatic carbocycles. The van der Waals surface area contributed by atoms with Gasteiger partial charge in [0.25, 0.3) is 0 Å². The maximum Gasteiger partial charge on any atom is 0.348 e. The zero-order chi connectivity index (χ0) is 18.1. The van der Waals surface area contributed by atoms with E-state index in [4.69, 9.17) is 9.15 Å². The van der Waals surface area contributed by atoms with Gasteiger partial charge < -0.3 is 9.15 Å². The second kappa shape index (κ2) is 6.84. The van der Waals surface area contributed by atoms with Crippen LogP contribution in [0.25, 0.3) is 11.0 Å². The fraction of sp³-hybridized carbons (Fsp3) is 0.300. The van der Waals surface area contributed by atoms with Gasteiger partial charge in [0.15, 0.2) is 0 Å². The molecule has 0 amide bonds. The van der Waals surface area contributed by atoms with Crippen LogP contribution >= 0.6 is 11.3 Å². The molecule has 0 aliphatic heterocycles. The molecule has 0 radical (unpaired) electrons. The Morgan fingerprint density at radius 2 is 1.96 bits per heavy atom. The zero-order valence-electron chi connectivity index (χ0n) is 14.7. The van der Waals surface area contributed by atoms with Gasteiger partial charge in [0, 0.05) is 17.0 Å². The minimum Gasteiger partial charge on any atom is -0.457 e. The van der Waals surface area contributed by atoms with Crippen LogP contribution in [0.5, 0.6) is 0 Å². The molecular formula is C20H20O4S. The first kappa shape index (κ1) is 17.4. The van der Waals surface area contributed by atoms with Gasteiger partial charge in [0.2, 0.25) is 0 Å². The van der Waals surface area contributed by atoms with Crippen molar-refractivity contribution >= 4 is 28.3 Å². The fourth-order valence-corrected chi connectivity index (χ4v) is 3.74. The molecule has 0 fully saturated rings. The normalized spacial score (nSPS) is 11.2. The number of benzene rings is 1. The first-order valence-electron chi connectivity index (χ1n) is 8.15. The van der Waals surface area contributed by atoms with Crippen LogP contribution in [0.2, 0.25) is 0 Å². The average molecular weight is 356 g/mol. The smallest absolute Gasteiger partial charge is 0.348 e. The van der Waals surface area contributed by atoms with Crippen LogP contribution in [0.15, 0.2) is 38.9 Å². The average Bonchev–Trinajstić information content (AvgIpc) is 2.97. The lowest BCUT2D eigenvalue weighted by Crippen LogP contribution is -2.08. The highest BCUT2D eigenvalue weighted by atomic mass is 32.1. The van der Waals surface area contributed by atoms with Gasteiger partial charge in [-0.1, -0.05) is 13.8 Å². The molecule has 2 heterocycles. The van der Waals surface area contributed by atoms with Crippen molar-refractivity contribution in [2.24, 2.45) is 0 Å². The Balaban J connectivity index is 1.97. The van der Waals surface area contributed by atoms with Crippen LogP contribution in [0.4, 0.5) is 0 Å². The molecular weight excluding hydrogens is 336 g/mol. The lowest BCUT2D eigenvalue weighted by atomic mass is 9.95. The molecule has 25 heavy (non-hydrogen) atoms. The standard InChI is InChI=1S/C20H20O4S/c1-11(2)15-9-16-14(8-18(21)24-17(16)7-13(15)4)10-23-20(22)19-12(3)5-6-25-19/h5-9,11H,10H2,1-4H3. The number of hydrogen-bond donors (Lipinski definition) is 0. The lowest BCUT2D eigenvalue weighted by molar-refractivity contribution is 0.0479. The second-order valence-corrected chi connectivity index (χ2v) is 7.38. The number of carbonyl (C=O) groups excluding carboxylic acids is 1. The molecule has 0 saturated carbocycles. The molecule has 0 atom stereocenters. The molecule has 130 valence electrons. The summed E-state index contributed by atoms with van der Waals surface area (Å²) < 4.78 is 10.8. The number of carbonyl (C=O) groups is 1. The number of thiophene rings is 1. The Hall–Kier alpha value is -2.40. The molecule has 0 spiro atoms. The van der Waals surface area contributed by atoms with Crippen LogP contribution in [-0.4, -0.2) is 5.97 Å². The minimum absolute atomic E-state index is 0.0405. The molecule has 0 saturated heterocycles. The second-order valence-electron chi connectivity index (χ2n) is 6.46. The molecule has 0 N–H and O–H groups in total. The minimum atomic E-state index is -0.442. The van der Waals surface area contributed by atoms with E-state index in [9.17, 15) is 9.59 Å². The van der Waals surface area contributed by atoms with Gasteiger partial charge >= 0.3 is 11.6 Å².